The van der Waals surface area contributed by atoms with Gasteiger partial charge in [0, 0.05) is 31.7 Å². The molecule has 3 N–H and O–H groups in total. The van der Waals surface area contributed by atoms with Crippen LogP contribution in [-0.4, -0.2) is 68.0 Å². The van der Waals surface area contributed by atoms with Gasteiger partial charge in [0.1, 0.15) is 6.61 Å². The number of nitrogens with zero attached hydrogens (tertiary/aromatic N) is 2. The maximum absolute atomic E-state index is 8.91. The Labute approximate surface area is 176 Å². The van der Waals surface area contributed by atoms with E-state index in [2.05, 4.69) is 55.1 Å². The fourth-order valence-electron chi connectivity index (χ4n) is 3.18. The smallest absolute Gasteiger partial charge is 0.191 e. The third-order valence-corrected chi connectivity index (χ3v) is 4.55. The van der Waals surface area contributed by atoms with Crippen LogP contribution in [0.15, 0.2) is 23.2 Å². The zero-order chi connectivity index (χ0) is 21.6. The summed E-state index contributed by atoms with van der Waals surface area (Å²) in [6.07, 6.45) is 1.06. The molecule has 7 nitrogen and oxygen atoms in total. The predicted octanol–water partition coefficient (Wildman–Crippen LogP) is 2.63. The standard InChI is InChI=1S/C22H40N4O3/c1-7-23-22(24-11-8-12-26(17(2)3)18(4)5)25-16-19-9-10-20(29-14-13-27)21(15-19)28-6/h9-10,15,17-18,27H,7-8,11-14,16H2,1-6H3,(H2,23,24,25). The Morgan fingerprint density at radius 1 is 1.14 bits per heavy atom. The summed E-state index contributed by atoms with van der Waals surface area (Å²) in [5.41, 5.74) is 1.03. The molecule has 1 aromatic carbocycles. The van der Waals surface area contributed by atoms with Gasteiger partial charge in [0.15, 0.2) is 17.5 Å². The van der Waals surface area contributed by atoms with Crippen molar-refractivity contribution in [1.29, 1.82) is 0 Å². The Morgan fingerprint density at radius 3 is 2.45 bits per heavy atom. The van der Waals surface area contributed by atoms with Crippen LogP contribution in [0.4, 0.5) is 0 Å². The fraction of sp³-hybridized carbons (Fsp3) is 0.682. The molecule has 29 heavy (non-hydrogen) atoms. The minimum Gasteiger partial charge on any atom is -0.493 e. The molecule has 0 saturated carbocycles. The average molecular weight is 409 g/mol. The zero-order valence-corrected chi connectivity index (χ0v) is 19.0. The molecule has 0 spiro atoms. The first-order valence-corrected chi connectivity index (χ1v) is 10.6. The van der Waals surface area contributed by atoms with Crippen LogP contribution in [0.5, 0.6) is 11.5 Å². The summed E-state index contributed by atoms with van der Waals surface area (Å²) in [6.45, 7) is 14.5. The second-order valence-corrected chi connectivity index (χ2v) is 7.46. The molecule has 0 radical (unpaired) electrons. The highest BCUT2D eigenvalue weighted by Crippen LogP contribution is 2.28. The van der Waals surface area contributed by atoms with Gasteiger partial charge in [-0.3, -0.25) is 4.90 Å². The molecule has 0 aliphatic heterocycles. The van der Waals surface area contributed by atoms with E-state index in [0.29, 0.717) is 30.1 Å². The van der Waals surface area contributed by atoms with Gasteiger partial charge < -0.3 is 25.2 Å². The SMILES string of the molecule is CCNC(=NCc1ccc(OCCO)c(OC)c1)NCCCN(C(C)C)C(C)C. The number of aliphatic hydroxyl groups is 1. The number of nitrogens with one attached hydrogen (secondary N) is 2. The number of benzene rings is 1. The Hall–Kier alpha value is -1.99. The summed E-state index contributed by atoms with van der Waals surface area (Å²) >= 11 is 0. The van der Waals surface area contributed by atoms with Crippen molar-refractivity contribution in [3.8, 4) is 11.5 Å². The molecule has 7 heteroatoms. The predicted molar refractivity (Wildman–Crippen MR) is 120 cm³/mol. The molecular formula is C22H40N4O3. The number of guanidine groups is 1. The second-order valence-electron chi connectivity index (χ2n) is 7.46. The summed E-state index contributed by atoms with van der Waals surface area (Å²) in [5.74, 6) is 2.08. The van der Waals surface area contributed by atoms with Crippen molar-refractivity contribution in [2.75, 3.05) is 40.0 Å². The van der Waals surface area contributed by atoms with Crippen LogP contribution in [-0.2, 0) is 6.54 Å². The molecule has 1 aromatic rings. The van der Waals surface area contributed by atoms with E-state index in [1.807, 2.05) is 18.2 Å². The summed E-state index contributed by atoms with van der Waals surface area (Å²) < 4.78 is 10.9. The van der Waals surface area contributed by atoms with Gasteiger partial charge in [-0.15, -0.1) is 0 Å². The Morgan fingerprint density at radius 2 is 1.86 bits per heavy atom. The molecule has 0 aliphatic rings. The number of methoxy groups -OCH3 is 1. The number of aliphatic hydroxyl groups excluding tert-OH is 1. The van der Waals surface area contributed by atoms with Gasteiger partial charge in [0.05, 0.1) is 20.3 Å². The van der Waals surface area contributed by atoms with Crippen LogP contribution in [0.2, 0.25) is 0 Å². The lowest BCUT2D eigenvalue weighted by Crippen LogP contribution is -2.41. The van der Waals surface area contributed by atoms with Gasteiger partial charge in [0.25, 0.3) is 0 Å². The van der Waals surface area contributed by atoms with Crippen LogP contribution in [0.3, 0.4) is 0 Å². The number of hydrogen-bond donors (Lipinski definition) is 3. The third kappa shape index (κ3) is 9.37. The lowest BCUT2D eigenvalue weighted by molar-refractivity contribution is 0.173. The maximum Gasteiger partial charge on any atom is 0.191 e. The Bertz CT molecular complexity index is 598. The molecule has 0 atom stereocenters. The van der Waals surface area contributed by atoms with Crippen LogP contribution in [0, 0.1) is 0 Å². The molecule has 1 rings (SSSR count). The third-order valence-electron chi connectivity index (χ3n) is 4.55. The van der Waals surface area contributed by atoms with Crippen molar-refractivity contribution < 1.29 is 14.6 Å². The summed E-state index contributed by atoms with van der Waals surface area (Å²) in [5, 5.41) is 15.6. The lowest BCUT2D eigenvalue weighted by atomic mass is 10.2. The van der Waals surface area contributed by atoms with E-state index >= 15 is 0 Å². The summed E-state index contributed by atoms with van der Waals surface area (Å²) in [6, 6.07) is 6.84. The van der Waals surface area contributed by atoms with Gasteiger partial charge in [-0.1, -0.05) is 6.07 Å². The molecule has 0 aromatic heterocycles. The van der Waals surface area contributed by atoms with E-state index in [4.69, 9.17) is 14.6 Å². The molecule has 0 aliphatic carbocycles. The molecular weight excluding hydrogens is 368 g/mol. The Balaban J connectivity index is 2.63. The van der Waals surface area contributed by atoms with E-state index in [-0.39, 0.29) is 13.2 Å². The molecule has 0 saturated heterocycles. The first-order valence-electron chi connectivity index (χ1n) is 10.6. The maximum atomic E-state index is 8.91. The van der Waals surface area contributed by atoms with Gasteiger partial charge in [-0.25, -0.2) is 4.99 Å². The largest absolute Gasteiger partial charge is 0.493 e. The van der Waals surface area contributed by atoms with Crippen molar-refractivity contribution in [3.63, 3.8) is 0 Å². The first kappa shape index (κ1) is 25.0. The van der Waals surface area contributed by atoms with E-state index < -0.39 is 0 Å². The van der Waals surface area contributed by atoms with Gasteiger partial charge in [-0.05, 0) is 58.7 Å². The lowest BCUT2D eigenvalue weighted by Gasteiger charge is -2.30. The molecule has 0 unspecified atom stereocenters. The van der Waals surface area contributed by atoms with Crippen molar-refractivity contribution in [2.45, 2.75) is 59.7 Å². The van der Waals surface area contributed by atoms with Crippen molar-refractivity contribution in [1.82, 2.24) is 15.5 Å². The molecule has 0 bridgehead atoms. The summed E-state index contributed by atoms with van der Waals surface area (Å²) in [7, 11) is 1.61. The quantitative estimate of drug-likeness (QED) is 0.265. The van der Waals surface area contributed by atoms with Gasteiger partial charge >= 0.3 is 0 Å². The second kappa shape index (κ2) is 14.1. The Kier molecular flexibility index (Phi) is 12.1. The van der Waals surface area contributed by atoms with Crippen LogP contribution >= 0.6 is 0 Å². The minimum absolute atomic E-state index is 0.0288. The average Bonchev–Trinajstić information content (AvgIpc) is 2.69. The van der Waals surface area contributed by atoms with E-state index in [1.54, 1.807) is 7.11 Å². The van der Waals surface area contributed by atoms with E-state index in [0.717, 1.165) is 37.6 Å². The van der Waals surface area contributed by atoms with Crippen LogP contribution in [0.25, 0.3) is 0 Å². The zero-order valence-electron chi connectivity index (χ0n) is 19.0. The van der Waals surface area contributed by atoms with Crippen molar-refractivity contribution >= 4 is 5.96 Å². The number of aliphatic imine (C=N–C) groups is 1. The number of ether oxygens (including phenoxy) is 2. The van der Waals surface area contributed by atoms with Gasteiger partial charge in [-0.2, -0.15) is 0 Å². The van der Waals surface area contributed by atoms with E-state index in [1.165, 1.54) is 0 Å². The normalized spacial score (nSPS) is 12.0. The van der Waals surface area contributed by atoms with Crippen LogP contribution in [0.1, 0.15) is 46.6 Å². The van der Waals surface area contributed by atoms with Gasteiger partial charge in [0.2, 0.25) is 0 Å². The first-order chi connectivity index (χ1) is 13.9. The highest BCUT2D eigenvalue weighted by molar-refractivity contribution is 5.79. The van der Waals surface area contributed by atoms with Crippen molar-refractivity contribution in [2.24, 2.45) is 4.99 Å². The van der Waals surface area contributed by atoms with Crippen LogP contribution < -0.4 is 20.1 Å². The minimum atomic E-state index is -0.0288. The van der Waals surface area contributed by atoms with Crippen molar-refractivity contribution in [3.05, 3.63) is 23.8 Å². The number of hydrogen-bond acceptors (Lipinski definition) is 5. The van der Waals surface area contributed by atoms with E-state index in [9.17, 15) is 0 Å². The molecule has 166 valence electrons. The fourth-order valence-corrected chi connectivity index (χ4v) is 3.18. The number of rotatable bonds is 13. The highest BCUT2D eigenvalue weighted by atomic mass is 16.5. The topological polar surface area (TPSA) is 78.4 Å². The summed E-state index contributed by atoms with van der Waals surface area (Å²) in [4.78, 5) is 7.18. The monoisotopic (exact) mass is 408 g/mol. The molecule has 0 heterocycles. The molecule has 0 fully saturated rings. The highest BCUT2D eigenvalue weighted by Gasteiger charge is 2.12. The molecule has 0 amide bonds.